The monoisotopic (exact) mass is 242 g/mol. The quantitative estimate of drug-likeness (QED) is 0.773. The third-order valence-electron chi connectivity index (χ3n) is 4.20. The zero-order valence-corrected chi connectivity index (χ0v) is 12.3. The number of piperidine rings is 1. The van der Waals surface area contributed by atoms with Gasteiger partial charge in [0.05, 0.1) is 5.60 Å². The molecule has 1 heterocycles. The molecule has 0 spiro atoms. The lowest BCUT2D eigenvalue weighted by molar-refractivity contribution is -0.0622. The summed E-state index contributed by atoms with van der Waals surface area (Å²) in [6, 6.07) is 1.13. The summed E-state index contributed by atoms with van der Waals surface area (Å²) in [6.07, 6.45) is 3.63. The summed E-state index contributed by atoms with van der Waals surface area (Å²) >= 11 is 0. The number of likely N-dealkylation sites (tertiary alicyclic amines) is 1. The van der Waals surface area contributed by atoms with Crippen LogP contribution in [0.15, 0.2) is 0 Å². The number of methoxy groups -OCH3 is 1. The molecule has 3 heteroatoms. The first-order valence-electron chi connectivity index (χ1n) is 7.05. The minimum absolute atomic E-state index is 0.0526. The highest BCUT2D eigenvalue weighted by molar-refractivity contribution is 4.89. The summed E-state index contributed by atoms with van der Waals surface area (Å²) in [4.78, 5) is 2.57. The van der Waals surface area contributed by atoms with Gasteiger partial charge in [0.25, 0.3) is 0 Å². The predicted octanol–water partition coefficient (Wildman–Crippen LogP) is 2.26. The van der Waals surface area contributed by atoms with Crippen molar-refractivity contribution in [3.63, 3.8) is 0 Å². The standard InChI is InChI=1S/C14H30N2O/c1-6-9-15-12(2)13(3)16-10-7-8-14(4,11-16)17-5/h12-13,15H,6-11H2,1-5H3. The first-order chi connectivity index (χ1) is 8.02. The normalized spacial score (nSPS) is 30.2. The highest BCUT2D eigenvalue weighted by Crippen LogP contribution is 2.25. The van der Waals surface area contributed by atoms with Crippen LogP contribution in [0.2, 0.25) is 0 Å². The smallest absolute Gasteiger partial charge is 0.0777 e. The molecule has 0 amide bonds. The van der Waals surface area contributed by atoms with Crippen LogP contribution in [0.25, 0.3) is 0 Å². The van der Waals surface area contributed by atoms with Gasteiger partial charge in [-0.15, -0.1) is 0 Å². The second kappa shape index (κ2) is 6.72. The van der Waals surface area contributed by atoms with Gasteiger partial charge in [-0.05, 0) is 53.1 Å². The van der Waals surface area contributed by atoms with Crippen LogP contribution < -0.4 is 5.32 Å². The van der Waals surface area contributed by atoms with Gasteiger partial charge in [-0.3, -0.25) is 4.90 Å². The van der Waals surface area contributed by atoms with Crippen molar-refractivity contribution in [1.29, 1.82) is 0 Å². The van der Waals surface area contributed by atoms with Gasteiger partial charge in [-0.1, -0.05) is 6.92 Å². The van der Waals surface area contributed by atoms with E-state index in [4.69, 9.17) is 4.74 Å². The minimum Gasteiger partial charge on any atom is -0.377 e. The van der Waals surface area contributed by atoms with Crippen LogP contribution in [0.3, 0.4) is 0 Å². The van der Waals surface area contributed by atoms with Gasteiger partial charge in [-0.25, -0.2) is 0 Å². The topological polar surface area (TPSA) is 24.5 Å². The maximum absolute atomic E-state index is 5.66. The number of nitrogens with zero attached hydrogens (tertiary/aromatic N) is 1. The van der Waals surface area contributed by atoms with Gasteiger partial charge >= 0.3 is 0 Å². The molecule has 102 valence electrons. The van der Waals surface area contributed by atoms with Crippen molar-refractivity contribution in [3.8, 4) is 0 Å². The van der Waals surface area contributed by atoms with Crippen molar-refractivity contribution >= 4 is 0 Å². The van der Waals surface area contributed by atoms with Crippen LogP contribution in [0.1, 0.15) is 47.0 Å². The molecule has 1 aliphatic heterocycles. The Morgan fingerprint density at radius 1 is 1.41 bits per heavy atom. The zero-order chi connectivity index (χ0) is 12.9. The number of hydrogen-bond acceptors (Lipinski definition) is 3. The highest BCUT2D eigenvalue weighted by Gasteiger charge is 2.33. The third kappa shape index (κ3) is 4.23. The molecule has 1 N–H and O–H groups in total. The average Bonchev–Trinajstić information content (AvgIpc) is 2.35. The van der Waals surface area contributed by atoms with E-state index in [-0.39, 0.29) is 5.60 Å². The summed E-state index contributed by atoms with van der Waals surface area (Å²) < 4.78 is 5.66. The summed E-state index contributed by atoms with van der Waals surface area (Å²) in [6.45, 7) is 12.4. The fraction of sp³-hybridized carbons (Fsp3) is 1.00. The molecule has 0 aliphatic carbocycles. The molecule has 17 heavy (non-hydrogen) atoms. The van der Waals surface area contributed by atoms with E-state index in [9.17, 15) is 0 Å². The van der Waals surface area contributed by atoms with Crippen molar-refractivity contribution < 1.29 is 4.74 Å². The average molecular weight is 242 g/mol. The molecule has 1 aliphatic rings. The van der Waals surface area contributed by atoms with E-state index in [1.54, 1.807) is 0 Å². The van der Waals surface area contributed by atoms with E-state index in [0.29, 0.717) is 12.1 Å². The Morgan fingerprint density at radius 3 is 2.71 bits per heavy atom. The molecule has 0 saturated carbocycles. The van der Waals surface area contributed by atoms with Crippen LogP contribution in [0.4, 0.5) is 0 Å². The van der Waals surface area contributed by atoms with Crippen LogP contribution in [0.5, 0.6) is 0 Å². The number of ether oxygens (including phenoxy) is 1. The summed E-state index contributed by atoms with van der Waals surface area (Å²) in [5, 5.41) is 3.59. The van der Waals surface area contributed by atoms with Crippen LogP contribution in [-0.2, 0) is 4.74 Å². The van der Waals surface area contributed by atoms with E-state index < -0.39 is 0 Å². The molecule has 1 saturated heterocycles. The first kappa shape index (κ1) is 14.9. The van der Waals surface area contributed by atoms with Gasteiger partial charge in [0, 0.05) is 25.7 Å². The number of nitrogens with one attached hydrogen (secondary N) is 1. The molecule has 0 radical (unpaired) electrons. The van der Waals surface area contributed by atoms with Crippen LogP contribution in [-0.4, -0.2) is 49.3 Å². The highest BCUT2D eigenvalue weighted by atomic mass is 16.5. The Balaban J connectivity index is 2.48. The summed E-state index contributed by atoms with van der Waals surface area (Å²) in [5.41, 5.74) is 0.0526. The summed E-state index contributed by atoms with van der Waals surface area (Å²) in [5.74, 6) is 0. The Kier molecular flexibility index (Phi) is 5.90. The molecular formula is C14H30N2O. The number of hydrogen-bond donors (Lipinski definition) is 1. The fourth-order valence-corrected chi connectivity index (χ4v) is 2.62. The van der Waals surface area contributed by atoms with Gasteiger partial charge < -0.3 is 10.1 Å². The zero-order valence-electron chi connectivity index (χ0n) is 12.3. The Hall–Kier alpha value is -0.120. The van der Waals surface area contributed by atoms with Crippen molar-refractivity contribution in [3.05, 3.63) is 0 Å². The largest absolute Gasteiger partial charge is 0.377 e. The Morgan fingerprint density at radius 2 is 2.12 bits per heavy atom. The maximum atomic E-state index is 5.66. The Bertz CT molecular complexity index is 222. The molecule has 0 aromatic heterocycles. The van der Waals surface area contributed by atoms with Crippen molar-refractivity contribution in [2.75, 3.05) is 26.7 Å². The van der Waals surface area contributed by atoms with E-state index in [2.05, 4.69) is 37.9 Å². The lowest BCUT2D eigenvalue weighted by Gasteiger charge is -2.44. The molecule has 1 fully saturated rings. The minimum atomic E-state index is 0.0526. The van der Waals surface area contributed by atoms with Crippen LogP contribution in [0, 0.1) is 0 Å². The van der Waals surface area contributed by atoms with E-state index >= 15 is 0 Å². The van der Waals surface area contributed by atoms with Gasteiger partial charge in [0.2, 0.25) is 0 Å². The van der Waals surface area contributed by atoms with Crippen molar-refractivity contribution in [2.24, 2.45) is 0 Å². The maximum Gasteiger partial charge on any atom is 0.0777 e. The van der Waals surface area contributed by atoms with Gasteiger partial charge in [-0.2, -0.15) is 0 Å². The predicted molar refractivity (Wildman–Crippen MR) is 73.4 cm³/mol. The Labute approximate surface area is 107 Å². The number of rotatable bonds is 6. The lowest BCUT2D eigenvalue weighted by atomic mass is 9.93. The molecule has 3 nitrogen and oxygen atoms in total. The molecule has 1 rings (SSSR count). The lowest BCUT2D eigenvalue weighted by Crippen LogP contribution is -2.55. The van der Waals surface area contributed by atoms with E-state index in [0.717, 1.165) is 13.1 Å². The SMILES string of the molecule is CCCNC(C)C(C)N1CCCC(C)(OC)C1. The van der Waals surface area contributed by atoms with Gasteiger partial charge in [0.1, 0.15) is 0 Å². The molecule has 3 atom stereocenters. The second-order valence-corrected chi connectivity index (χ2v) is 5.71. The van der Waals surface area contributed by atoms with Crippen LogP contribution >= 0.6 is 0 Å². The van der Waals surface area contributed by atoms with Gasteiger partial charge in [0.15, 0.2) is 0 Å². The van der Waals surface area contributed by atoms with Crippen molar-refractivity contribution in [1.82, 2.24) is 10.2 Å². The van der Waals surface area contributed by atoms with Crippen molar-refractivity contribution in [2.45, 2.75) is 64.6 Å². The van der Waals surface area contributed by atoms with E-state index in [1.807, 2.05) is 7.11 Å². The first-order valence-corrected chi connectivity index (χ1v) is 7.05. The molecule has 0 aromatic carbocycles. The second-order valence-electron chi connectivity index (χ2n) is 5.71. The molecule has 3 unspecified atom stereocenters. The molecule has 0 aromatic rings. The van der Waals surface area contributed by atoms with E-state index in [1.165, 1.54) is 25.8 Å². The summed E-state index contributed by atoms with van der Waals surface area (Å²) in [7, 11) is 1.84. The third-order valence-corrected chi connectivity index (χ3v) is 4.20. The molecular weight excluding hydrogens is 212 g/mol. The fourth-order valence-electron chi connectivity index (χ4n) is 2.62. The molecule has 0 bridgehead atoms.